The molecular formula is C15H24N3O5P. The van der Waals surface area contributed by atoms with Crippen molar-refractivity contribution in [1.29, 1.82) is 0 Å². The van der Waals surface area contributed by atoms with Crippen molar-refractivity contribution >= 4 is 13.7 Å². The van der Waals surface area contributed by atoms with Crippen LogP contribution in [0.25, 0.3) is 0 Å². The summed E-state index contributed by atoms with van der Waals surface area (Å²) in [5, 5.41) is 3.87. The molecule has 0 radical (unpaired) electrons. The largest absolute Gasteiger partial charge is 0.455 e. The van der Waals surface area contributed by atoms with Gasteiger partial charge in [0.05, 0.1) is 13.2 Å². The predicted octanol–water partition coefficient (Wildman–Crippen LogP) is 0.769. The summed E-state index contributed by atoms with van der Waals surface area (Å²) in [5.41, 5.74) is 5.93. The van der Waals surface area contributed by atoms with Gasteiger partial charge in [0.1, 0.15) is 6.04 Å². The third-order valence-corrected chi connectivity index (χ3v) is 4.24. The van der Waals surface area contributed by atoms with Gasteiger partial charge in [-0.15, -0.1) is 0 Å². The summed E-state index contributed by atoms with van der Waals surface area (Å²) in [6.07, 6.45) is 0.352. The van der Waals surface area contributed by atoms with Crippen LogP contribution in [0, 0.1) is 0 Å². The summed E-state index contributed by atoms with van der Waals surface area (Å²) in [5.74, 6) is -0.805. The number of morpholine rings is 1. The second kappa shape index (κ2) is 8.71. The van der Waals surface area contributed by atoms with Crippen LogP contribution in [0.4, 0.5) is 0 Å². The van der Waals surface area contributed by atoms with Crippen LogP contribution < -0.4 is 5.50 Å². The Labute approximate surface area is 141 Å². The van der Waals surface area contributed by atoms with E-state index in [-0.39, 0.29) is 0 Å². The molecule has 1 aliphatic heterocycles. The molecule has 8 nitrogen and oxygen atoms in total. The summed E-state index contributed by atoms with van der Waals surface area (Å²) < 4.78 is 21.2. The van der Waals surface area contributed by atoms with Crippen molar-refractivity contribution in [2.75, 3.05) is 32.8 Å². The average molecular weight is 357 g/mol. The molecule has 1 aromatic rings. The number of hydrogen-bond acceptors (Lipinski definition) is 6. The number of hydrogen-bond donors (Lipinski definition) is 2. The molecule has 2 rings (SSSR count). The molecule has 0 spiro atoms. The highest BCUT2D eigenvalue weighted by Gasteiger charge is 2.34. The van der Waals surface area contributed by atoms with E-state index in [1.165, 1.54) is 0 Å². The number of hydrazine groups is 1. The van der Waals surface area contributed by atoms with Gasteiger partial charge in [0.2, 0.25) is 0 Å². The summed E-state index contributed by atoms with van der Waals surface area (Å²) >= 11 is 0. The Hall–Kier alpha value is -1.28. The molecule has 0 bridgehead atoms. The van der Waals surface area contributed by atoms with Crippen molar-refractivity contribution in [3.8, 4) is 0 Å². The first-order valence-corrected chi connectivity index (χ1v) is 9.53. The molecule has 1 fully saturated rings. The Balaban J connectivity index is 2.22. The van der Waals surface area contributed by atoms with Gasteiger partial charge >= 0.3 is 13.7 Å². The quantitative estimate of drug-likeness (QED) is 0.690. The minimum absolute atomic E-state index is 0.352. The van der Waals surface area contributed by atoms with E-state index < -0.39 is 19.8 Å². The average Bonchev–Trinajstić information content (AvgIpc) is 2.55. The normalized spacial score (nSPS) is 19.7. The lowest BCUT2D eigenvalue weighted by Crippen LogP contribution is -2.56. The predicted molar refractivity (Wildman–Crippen MR) is 88.8 cm³/mol. The summed E-state index contributed by atoms with van der Waals surface area (Å²) in [6.45, 7) is 4.89. The highest BCUT2D eigenvalue weighted by Crippen LogP contribution is 2.32. The third kappa shape index (κ3) is 5.66. The van der Waals surface area contributed by atoms with E-state index in [0.717, 1.165) is 5.56 Å². The lowest BCUT2D eigenvalue weighted by molar-refractivity contribution is -0.158. The first-order chi connectivity index (χ1) is 11.4. The van der Waals surface area contributed by atoms with Crippen molar-refractivity contribution in [3.63, 3.8) is 0 Å². The first kappa shape index (κ1) is 19.1. The van der Waals surface area contributed by atoms with Gasteiger partial charge in [-0.2, -0.15) is 0 Å². The zero-order valence-electron chi connectivity index (χ0n) is 13.7. The van der Waals surface area contributed by atoms with Gasteiger partial charge in [-0.1, -0.05) is 37.3 Å². The fraction of sp³-hybridized carbons (Fsp3) is 0.533. The van der Waals surface area contributed by atoms with Crippen LogP contribution in [0.15, 0.2) is 30.3 Å². The Morgan fingerprint density at radius 1 is 1.42 bits per heavy atom. The molecule has 134 valence electrons. The van der Waals surface area contributed by atoms with Crippen molar-refractivity contribution in [3.05, 3.63) is 35.9 Å². The monoisotopic (exact) mass is 357 g/mol. The maximum Gasteiger partial charge on any atom is 0.455 e. The Bertz CT molecular complexity index is 574. The van der Waals surface area contributed by atoms with Gasteiger partial charge in [0.25, 0.3) is 0 Å². The van der Waals surface area contributed by atoms with Gasteiger partial charge in [-0.3, -0.25) is 0 Å². The molecule has 24 heavy (non-hydrogen) atoms. The molecule has 0 aromatic heterocycles. The number of likely N-dealkylation sites (N-methyl/N-ethyl adjacent to an activating group) is 1. The van der Waals surface area contributed by atoms with Gasteiger partial charge in [0, 0.05) is 26.1 Å². The minimum Gasteiger partial charge on any atom is -0.379 e. The smallest absolute Gasteiger partial charge is 0.379 e. The lowest BCUT2D eigenvalue weighted by Gasteiger charge is -2.40. The number of rotatable bonds is 7. The standard InChI is InChI=1S/C15H24N3O5P/c1-2-18(17-8-10-22-11-9-17)14(15(19)23-24(16,20)21)12-13-6-4-3-5-7-13/h3-7,14H,2,8-12H2,1H3,(H3,16,20,21)/t14-/m0/s1. The van der Waals surface area contributed by atoms with E-state index in [1.54, 1.807) is 0 Å². The van der Waals surface area contributed by atoms with Crippen LogP contribution in [0.3, 0.4) is 0 Å². The number of nitrogens with zero attached hydrogens (tertiary/aromatic N) is 2. The van der Waals surface area contributed by atoms with Crippen LogP contribution >= 0.6 is 7.75 Å². The highest BCUT2D eigenvalue weighted by molar-refractivity contribution is 7.50. The molecule has 1 aliphatic rings. The van der Waals surface area contributed by atoms with Crippen LogP contribution in [0.2, 0.25) is 0 Å². The molecule has 1 aromatic carbocycles. The van der Waals surface area contributed by atoms with Crippen molar-refractivity contribution in [2.24, 2.45) is 5.50 Å². The van der Waals surface area contributed by atoms with Gasteiger partial charge in [-0.05, 0) is 5.56 Å². The van der Waals surface area contributed by atoms with Crippen LogP contribution in [0.5, 0.6) is 0 Å². The number of ether oxygens (including phenoxy) is 1. The first-order valence-electron chi connectivity index (χ1n) is 7.88. The Kier molecular flexibility index (Phi) is 6.91. The van der Waals surface area contributed by atoms with E-state index in [1.807, 2.05) is 47.3 Å². The molecule has 1 unspecified atom stereocenters. The zero-order valence-corrected chi connectivity index (χ0v) is 14.6. The molecule has 3 N–H and O–H groups in total. The summed E-state index contributed by atoms with van der Waals surface area (Å²) in [7, 11) is -4.39. The molecule has 1 heterocycles. The minimum atomic E-state index is -4.39. The molecule has 0 aliphatic carbocycles. The Morgan fingerprint density at radius 3 is 2.58 bits per heavy atom. The fourth-order valence-corrected chi connectivity index (χ4v) is 3.15. The topological polar surface area (TPSA) is 105 Å². The maximum absolute atomic E-state index is 12.5. The molecular weight excluding hydrogens is 333 g/mol. The van der Waals surface area contributed by atoms with Crippen LogP contribution in [-0.2, 0) is 25.0 Å². The fourth-order valence-electron chi connectivity index (χ4n) is 2.77. The SMILES string of the molecule is CCN([C@@H](Cc1ccccc1)C(=O)OP(N)(=O)O)N1CCOCC1. The van der Waals surface area contributed by atoms with Crippen molar-refractivity contribution < 1.29 is 23.5 Å². The van der Waals surface area contributed by atoms with E-state index in [4.69, 9.17) is 10.2 Å². The van der Waals surface area contributed by atoms with Crippen molar-refractivity contribution in [2.45, 2.75) is 19.4 Å². The molecule has 2 atom stereocenters. The Morgan fingerprint density at radius 2 is 2.04 bits per heavy atom. The van der Waals surface area contributed by atoms with Gasteiger partial charge in [0.15, 0.2) is 0 Å². The van der Waals surface area contributed by atoms with Gasteiger partial charge in [-0.25, -0.2) is 24.9 Å². The number of nitrogens with two attached hydrogens (primary N) is 1. The molecule has 1 saturated heterocycles. The lowest BCUT2D eigenvalue weighted by atomic mass is 10.1. The number of carbonyl (C=O) groups is 1. The van der Waals surface area contributed by atoms with Crippen molar-refractivity contribution in [1.82, 2.24) is 10.0 Å². The maximum atomic E-state index is 12.5. The highest BCUT2D eigenvalue weighted by atomic mass is 31.2. The summed E-state index contributed by atoms with van der Waals surface area (Å²) in [4.78, 5) is 21.7. The molecule has 0 amide bonds. The second-order valence-electron chi connectivity index (χ2n) is 5.50. The summed E-state index contributed by atoms with van der Waals surface area (Å²) in [6, 6.07) is 8.70. The molecule has 9 heteroatoms. The van der Waals surface area contributed by atoms with Gasteiger partial charge < -0.3 is 14.2 Å². The second-order valence-corrected chi connectivity index (χ2v) is 6.81. The van der Waals surface area contributed by atoms with Crippen LogP contribution in [-0.4, -0.2) is 59.8 Å². The number of benzene rings is 1. The van der Waals surface area contributed by atoms with Crippen LogP contribution in [0.1, 0.15) is 12.5 Å². The van der Waals surface area contributed by atoms with E-state index in [2.05, 4.69) is 4.52 Å². The van der Waals surface area contributed by atoms with E-state index >= 15 is 0 Å². The number of carbonyl (C=O) groups excluding carboxylic acids is 1. The van der Waals surface area contributed by atoms with E-state index in [9.17, 15) is 14.3 Å². The van der Waals surface area contributed by atoms with E-state index in [0.29, 0.717) is 39.3 Å². The zero-order chi connectivity index (χ0) is 17.6. The third-order valence-electron chi connectivity index (χ3n) is 3.80. The molecule has 0 saturated carbocycles.